The third-order valence-corrected chi connectivity index (χ3v) is 5.80. The fourth-order valence-electron chi connectivity index (χ4n) is 4.20. The van der Waals surface area contributed by atoms with Gasteiger partial charge >= 0.3 is 0 Å². The zero-order chi connectivity index (χ0) is 20.6. The molecule has 0 spiro atoms. The standard InChI is InChI=1S/C27H31NO2/c1-2-3-17-28-18-19-29-23-15-13-22(14-16-23)27-24-11-7-8-12-26(24)30-20-25(27)21-9-5-4-6-10-21/h4-16,25,27-28H,2-3,17-20H2,1H3. The Bertz CT molecular complexity index is 908. The van der Waals surface area contributed by atoms with Crippen LogP contribution in [-0.4, -0.2) is 26.3 Å². The van der Waals surface area contributed by atoms with Gasteiger partial charge in [-0.2, -0.15) is 0 Å². The predicted octanol–water partition coefficient (Wildman–Crippen LogP) is 5.76. The Morgan fingerprint density at radius 1 is 0.867 bits per heavy atom. The molecule has 3 heteroatoms. The van der Waals surface area contributed by atoms with Gasteiger partial charge in [0, 0.05) is 23.9 Å². The second kappa shape index (κ2) is 10.3. The van der Waals surface area contributed by atoms with Crippen molar-refractivity contribution in [3.63, 3.8) is 0 Å². The Hall–Kier alpha value is -2.78. The number of rotatable bonds is 9. The number of unbranched alkanes of at least 4 members (excludes halogenated alkanes) is 1. The summed E-state index contributed by atoms with van der Waals surface area (Å²) in [4.78, 5) is 0. The summed E-state index contributed by atoms with van der Waals surface area (Å²) in [6.07, 6.45) is 2.43. The van der Waals surface area contributed by atoms with Gasteiger partial charge in [0.25, 0.3) is 0 Å². The zero-order valence-corrected chi connectivity index (χ0v) is 17.7. The Morgan fingerprint density at radius 2 is 1.63 bits per heavy atom. The SMILES string of the molecule is CCCCNCCOc1ccc(C2c3ccccc3OCC2c2ccccc2)cc1. The van der Waals surface area contributed by atoms with Crippen LogP contribution in [0.2, 0.25) is 0 Å². The van der Waals surface area contributed by atoms with Crippen LogP contribution in [0.15, 0.2) is 78.9 Å². The van der Waals surface area contributed by atoms with Crippen LogP contribution in [-0.2, 0) is 0 Å². The number of hydrogen-bond acceptors (Lipinski definition) is 3. The number of fused-ring (bicyclic) bond motifs is 1. The normalized spacial score (nSPS) is 17.8. The van der Waals surface area contributed by atoms with Crippen LogP contribution in [0.25, 0.3) is 0 Å². The van der Waals surface area contributed by atoms with E-state index in [1.54, 1.807) is 0 Å². The molecule has 30 heavy (non-hydrogen) atoms. The second-order valence-electron chi connectivity index (χ2n) is 7.86. The molecule has 1 aliphatic rings. The van der Waals surface area contributed by atoms with Crippen LogP contribution in [0.1, 0.15) is 48.3 Å². The first kappa shape index (κ1) is 20.5. The smallest absolute Gasteiger partial charge is 0.123 e. The first-order valence-electron chi connectivity index (χ1n) is 11.1. The molecule has 0 saturated heterocycles. The lowest BCUT2D eigenvalue weighted by atomic mass is 9.76. The summed E-state index contributed by atoms with van der Waals surface area (Å²) in [5.74, 6) is 2.47. The predicted molar refractivity (Wildman–Crippen MR) is 123 cm³/mol. The van der Waals surface area contributed by atoms with E-state index in [1.165, 1.54) is 29.5 Å². The van der Waals surface area contributed by atoms with Crippen LogP contribution < -0.4 is 14.8 Å². The van der Waals surface area contributed by atoms with Gasteiger partial charge in [0.15, 0.2) is 0 Å². The van der Waals surface area contributed by atoms with Crippen LogP contribution in [0.3, 0.4) is 0 Å². The Balaban J connectivity index is 1.51. The lowest BCUT2D eigenvalue weighted by molar-refractivity contribution is 0.249. The molecular formula is C27H31NO2. The van der Waals surface area contributed by atoms with Gasteiger partial charge in [-0.3, -0.25) is 0 Å². The van der Waals surface area contributed by atoms with Gasteiger partial charge in [-0.1, -0.05) is 74.0 Å². The summed E-state index contributed by atoms with van der Waals surface area (Å²) in [6, 6.07) is 27.7. The maximum Gasteiger partial charge on any atom is 0.123 e. The van der Waals surface area contributed by atoms with Crippen molar-refractivity contribution in [2.45, 2.75) is 31.6 Å². The van der Waals surface area contributed by atoms with E-state index in [0.717, 1.165) is 24.6 Å². The number of nitrogens with one attached hydrogen (secondary N) is 1. The number of para-hydroxylation sites is 1. The van der Waals surface area contributed by atoms with Gasteiger partial charge in [-0.25, -0.2) is 0 Å². The third kappa shape index (κ3) is 4.85. The summed E-state index contributed by atoms with van der Waals surface area (Å²) in [5, 5.41) is 3.42. The molecule has 2 unspecified atom stereocenters. The van der Waals surface area contributed by atoms with Crippen molar-refractivity contribution in [1.29, 1.82) is 0 Å². The van der Waals surface area contributed by atoms with Crippen LogP contribution >= 0.6 is 0 Å². The van der Waals surface area contributed by atoms with E-state index in [-0.39, 0.29) is 11.8 Å². The Morgan fingerprint density at radius 3 is 2.43 bits per heavy atom. The molecule has 1 N–H and O–H groups in total. The molecule has 0 aliphatic carbocycles. The van der Waals surface area contributed by atoms with Crippen LogP contribution in [0, 0.1) is 0 Å². The van der Waals surface area contributed by atoms with E-state index in [9.17, 15) is 0 Å². The molecule has 3 nitrogen and oxygen atoms in total. The molecule has 0 fully saturated rings. The Kier molecular flexibility index (Phi) is 7.04. The minimum absolute atomic E-state index is 0.266. The molecule has 0 radical (unpaired) electrons. The van der Waals surface area contributed by atoms with Gasteiger partial charge in [0.1, 0.15) is 18.1 Å². The van der Waals surface area contributed by atoms with Gasteiger partial charge < -0.3 is 14.8 Å². The van der Waals surface area contributed by atoms with E-state index >= 15 is 0 Å². The second-order valence-corrected chi connectivity index (χ2v) is 7.86. The number of hydrogen-bond donors (Lipinski definition) is 1. The summed E-state index contributed by atoms with van der Waals surface area (Å²) < 4.78 is 12.0. The maximum atomic E-state index is 6.13. The first-order chi connectivity index (χ1) is 14.9. The minimum Gasteiger partial charge on any atom is -0.493 e. The van der Waals surface area contributed by atoms with Crippen molar-refractivity contribution < 1.29 is 9.47 Å². The maximum absolute atomic E-state index is 6.13. The highest BCUT2D eigenvalue weighted by atomic mass is 16.5. The molecule has 0 amide bonds. The largest absolute Gasteiger partial charge is 0.493 e. The lowest BCUT2D eigenvalue weighted by Crippen LogP contribution is -2.25. The van der Waals surface area contributed by atoms with Gasteiger partial charge in [0.05, 0.1) is 6.61 Å². The highest BCUT2D eigenvalue weighted by Gasteiger charge is 2.33. The molecule has 156 valence electrons. The van der Waals surface area contributed by atoms with Crippen molar-refractivity contribution in [1.82, 2.24) is 5.32 Å². The summed E-state index contributed by atoms with van der Waals surface area (Å²) in [6.45, 7) is 5.52. The van der Waals surface area contributed by atoms with E-state index in [2.05, 4.69) is 85.0 Å². The van der Waals surface area contributed by atoms with Crippen molar-refractivity contribution in [2.24, 2.45) is 0 Å². The van der Waals surface area contributed by atoms with Crippen molar-refractivity contribution in [3.05, 3.63) is 95.6 Å². The van der Waals surface area contributed by atoms with Gasteiger partial charge in [0.2, 0.25) is 0 Å². The van der Waals surface area contributed by atoms with Gasteiger partial charge in [-0.15, -0.1) is 0 Å². The molecule has 1 aliphatic heterocycles. The molecule has 2 atom stereocenters. The zero-order valence-electron chi connectivity index (χ0n) is 17.7. The fourth-order valence-corrected chi connectivity index (χ4v) is 4.20. The molecular weight excluding hydrogens is 370 g/mol. The lowest BCUT2D eigenvalue weighted by Gasteiger charge is -2.34. The third-order valence-electron chi connectivity index (χ3n) is 5.80. The minimum atomic E-state index is 0.266. The van der Waals surface area contributed by atoms with Crippen LogP contribution in [0.4, 0.5) is 0 Å². The van der Waals surface area contributed by atoms with Crippen LogP contribution in [0.5, 0.6) is 11.5 Å². The van der Waals surface area contributed by atoms with Crippen molar-refractivity contribution >= 4 is 0 Å². The molecule has 0 saturated carbocycles. The monoisotopic (exact) mass is 401 g/mol. The number of benzene rings is 3. The Labute approximate surface area is 180 Å². The van der Waals surface area contributed by atoms with E-state index in [4.69, 9.17) is 9.47 Å². The molecule has 0 aromatic heterocycles. The average molecular weight is 402 g/mol. The number of ether oxygens (including phenoxy) is 2. The topological polar surface area (TPSA) is 30.5 Å². The van der Waals surface area contributed by atoms with E-state index in [1.807, 2.05) is 6.07 Å². The highest BCUT2D eigenvalue weighted by Crippen LogP contribution is 2.45. The molecule has 4 rings (SSSR count). The fraction of sp³-hybridized carbons (Fsp3) is 0.333. The van der Waals surface area contributed by atoms with Gasteiger partial charge in [-0.05, 0) is 42.3 Å². The average Bonchev–Trinajstić information content (AvgIpc) is 2.81. The van der Waals surface area contributed by atoms with E-state index in [0.29, 0.717) is 13.2 Å². The molecule has 0 bridgehead atoms. The molecule has 1 heterocycles. The molecule has 3 aromatic carbocycles. The molecule has 3 aromatic rings. The first-order valence-corrected chi connectivity index (χ1v) is 11.1. The van der Waals surface area contributed by atoms with E-state index < -0.39 is 0 Å². The summed E-state index contributed by atoms with van der Waals surface area (Å²) >= 11 is 0. The van der Waals surface area contributed by atoms with Crippen molar-refractivity contribution in [3.8, 4) is 11.5 Å². The quantitative estimate of drug-likeness (QED) is 0.462. The summed E-state index contributed by atoms with van der Waals surface area (Å²) in [7, 11) is 0. The highest BCUT2D eigenvalue weighted by molar-refractivity contribution is 5.48. The summed E-state index contributed by atoms with van der Waals surface area (Å²) in [5.41, 5.74) is 3.87. The van der Waals surface area contributed by atoms with Crippen molar-refractivity contribution in [2.75, 3.05) is 26.3 Å².